The fourth-order valence-corrected chi connectivity index (χ4v) is 4.65. The SMILES string of the molecule is CCOC(=O)c1cc(C#N)c(N2CC(C(=O)NS(=O)(=O)Cc3cccc(C)c3)C2)nc1C(F)F. The first kappa shape index (κ1) is 25.0. The number of carbonyl (C=O) groups excluding carboxylic acids is 2. The van der Waals surface area contributed by atoms with E-state index in [9.17, 15) is 32.0 Å². The number of nitrogens with one attached hydrogen (secondary N) is 1. The number of benzene rings is 1. The fraction of sp³-hybridized carbons (Fsp3) is 0.364. The van der Waals surface area contributed by atoms with Gasteiger partial charge in [-0.15, -0.1) is 0 Å². The minimum atomic E-state index is -3.94. The van der Waals surface area contributed by atoms with E-state index in [1.165, 1.54) is 11.8 Å². The number of nitrogens with zero attached hydrogens (tertiary/aromatic N) is 3. The van der Waals surface area contributed by atoms with Crippen LogP contribution < -0.4 is 9.62 Å². The van der Waals surface area contributed by atoms with Gasteiger partial charge in [0.1, 0.15) is 17.6 Å². The van der Waals surface area contributed by atoms with Crippen LogP contribution >= 0.6 is 0 Å². The molecule has 0 radical (unpaired) electrons. The molecule has 1 fully saturated rings. The largest absolute Gasteiger partial charge is 0.462 e. The average Bonchev–Trinajstić information content (AvgIpc) is 2.71. The minimum absolute atomic E-state index is 0.0328. The number of halogens is 2. The molecule has 9 nitrogen and oxygen atoms in total. The van der Waals surface area contributed by atoms with Crippen LogP contribution in [0.4, 0.5) is 14.6 Å². The van der Waals surface area contributed by atoms with E-state index in [2.05, 4.69) is 4.98 Å². The van der Waals surface area contributed by atoms with Crippen LogP contribution in [-0.4, -0.2) is 45.0 Å². The predicted molar refractivity (Wildman–Crippen MR) is 118 cm³/mol. The first-order valence-corrected chi connectivity index (χ1v) is 11.9. The molecule has 2 aromatic rings. The molecule has 1 aromatic heterocycles. The van der Waals surface area contributed by atoms with E-state index in [-0.39, 0.29) is 36.8 Å². The quantitative estimate of drug-likeness (QED) is 0.557. The molecule has 1 saturated heterocycles. The molecule has 0 aliphatic carbocycles. The summed E-state index contributed by atoms with van der Waals surface area (Å²) >= 11 is 0. The third kappa shape index (κ3) is 5.66. The Morgan fingerprint density at radius 3 is 2.62 bits per heavy atom. The summed E-state index contributed by atoms with van der Waals surface area (Å²) in [6, 6.07) is 9.67. The Bertz CT molecular complexity index is 1250. The summed E-state index contributed by atoms with van der Waals surface area (Å²) in [5.74, 6) is -2.99. The van der Waals surface area contributed by atoms with E-state index in [1.807, 2.05) is 23.8 Å². The number of sulfonamides is 1. The highest BCUT2D eigenvalue weighted by molar-refractivity contribution is 7.89. The molecule has 3 rings (SSSR count). The maximum absolute atomic E-state index is 13.5. The highest BCUT2D eigenvalue weighted by Crippen LogP contribution is 2.31. The van der Waals surface area contributed by atoms with Gasteiger partial charge in [0.2, 0.25) is 15.9 Å². The molecular weight excluding hydrogens is 470 g/mol. The monoisotopic (exact) mass is 492 g/mol. The molecule has 1 aromatic carbocycles. The van der Waals surface area contributed by atoms with Crippen LogP contribution in [-0.2, 0) is 25.3 Å². The normalized spacial score (nSPS) is 13.8. The van der Waals surface area contributed by atoms with E-state index < -0.39 is 45.5 Å². The van der Waals surface area contributed by atoms with Crippen molar-refractivity contribution in [2.24, 2.45) is 5.92 Å². The molecule has 0 unspecified atom stereocenters. The second kappa shape index (κ2) is 10.1. The number of aryl methyl sites for hydroxylation is 1. The van der Waals surface area contributed by atoms with Gasteiger partial charge in [0.05, 0.1) is 29.4 Å². The number of rotatable bonds is 8. The molecule has 0 atom stereocenters. The number of hydrogen-bond donors (Lipinski definition) is 1. The van der Waals surface area contributed by atoms with Gasteiger partial charge in [-0.05, 0) is 25.5 Å². The molecular formula is C22H22F2N4O5S. The van der Waals surface area contributed by atoms with Crippen molar-refractivity contribution >= 4 is 27.7 Å². The highest BCUT2D eigenvalue weighted by atomic mass is 32.2. The molecule has 12 heteroatoms. The Morgan fingerprint density at radius 1 is 1.32 bits per heavy atom. The topological polar surface area (TPSA) is 129 Å². The number of amides is 1. The predicted octanol–water partition coefficient (Wildman–Crippen LogP) is 2.46. The Morgan fingerprint density at radius 2 is 2.03 bits per heavy atom. The Balaban J connectivity index is 1.71. The maximum Gasteiger partial charge on any atom is 0.340 e. The van der Waals surface area contributed by atoms with Gasteiger partial charge < -0.3 is 9.64 Å². The van der Waals surface area contributed by atoms with Crippen molar-refractivity contribution in [1.82, 2.24) is 9.71 Å². The van der Waals surface area contributed by atoms with Crippen molar-refractivity contribution in [2.45, 2.75) is 26.0 Å². The molecule has 34 heavy (non-hydrogen) atoms. The van der Waals surface area contributed by atoms with Crippen molar-refractivity contribution in [1.29, 1.82) is 5.26 Å². The maximum atomic E-state index is 13.5. The Kier molecular flexibility index (Phi) is 7.46. The summed E-state index contributed by atoms with van der Waals surface area (Å²) in [5.41, 5.74) is -0.0695. The van der Waals surface area contributed by atoms with Gasteiger partial charge >= 0.3 is 5.97 Å². The van der Waals surface area contributed by atoms with E-state index in [0.29, 0.717) is 5.56 Å². The Hall–Kier alpha value is -3.59. The third-order valence-corrected chi connectivity index (χ3v) is 6.33. The van der Waals surface area contributed by atoms with E-state index >= 15 is 0 Å². The van der Waals surface area contributed by atoms with Crippen LogP contribution in [0, 0.1) is 24.2 Å². The number of anilines is 1. The number of alkyl halides is 2. The van der Waals surface area contributed by atoms with Crippen LogP contribution in [0.25, 0.3) is 0 Å². The molecule has 0 saturated carbocycles. The summed E-state index contributed by atoms with van der Waals surface area (Å²) in [6.45, 7) is 3.23. The summed E-state index contributed by atoms with van der Waals surface area (Å²) in [6.07, 6.45) is -3.10. The van der Waals surface area contributed by atoms with Gasteiger partial charge in [0.25, 0.3) is 6.43 Å². The number of carbonyl (C=O) groups is 2. The Labute approximate surface area is 195 Å². The molecule has 0 spiro atoms. The summed E-state index contributed by atoms with van der Waals surface area (Å²) in [5, 5.41) is 9.43. The summed E-state index contributed by atoms with van der Waals surface area (Å²) in [7, 11) is -3.94. The molecule has 0 bridgehead atoms. The lowest BCUT2D eigenvalue weighted by molar-refractivity contribution is -0.123. The first-order valence-electron chi connectivity index (χ1n) is 10.3. The van der Waals surface area contributed by atoms with Crippen molar-refractivity contribution in [3.63, 3.8) is 0 Å². The smallest absolute Gasteiger partial charge is 0.340 e. The van der Waals surface area contributed by atoms with E-state index in [0.717, 1.165) is 11.6 Å². The van der Waals surface area contributed by atoms with Crippen molar-refractivity contribution in [3.05, 3.63) is 58.3 Å². The molecule has 180 valence electrons. The van der Waals surface area contributed by atoms with Gasteiger partial charge in [-0.25, -0.2) is 27.0 Å². The fourth-order valence-electron chi connectivity index (χ4n) is 3.49. The highest BCUT2D eigenvalue weighted by Gasteiger charge is 2.37. The molecule has 1 aliphatic rings. The summed E-state index contributed by atoms with van der Waals surface area (Å²) in [4.78, 5) is 29.6. The number of aromatic nitrogens is 1. The van der Waals surface area contributed by atoms with Crippen LogP contribution in [0.15, 0.2) is 30.3 Å². The van der Waals surface area contributed by atoms with Gasteiger partial charge in [0, 0.05) is 13.1 Å². The zero-order chi connectivity index (χ0) is 25.0. The van der Waals surface area contributed by atoms with Crippen LogP contribution in [0.5, 0.6) is 0 Å². The van der Waals surface area contributed by atoms with Gasteiger partial charge in [-0.1, -0.05) is 29.8 Å². The number of hydrogen-bond acceptors (Lipinski definition) is 8. The van der Waals surface area contributed by atoms with Crippen LogP contribution in [0.3, 0.4) is 0 Å². The second-order valence-electron chi connectivity index (χ2n) is 7.74. The first-order chi connectivity index (χ1) is 16.0. The van der Waals surface area contributed by atoms with Gasteiger partial charge in [0.15, 0.2) is 0 Å². The molecule has 2 heterocycles. The van der Waals surface area contributed by atoms with Gasteiger partial charge in [-0.2, -0.15) is 5.26 Å². The lowest BCUT2D eigenvalue weighted by Gasteiger charge is -2.39. The number of pyridine rings is 1. The number of esters is 1. The van der Waals surface area contributed by atoms with Crippen molar-refractivity contribution in [3.8, 4) is 6.07 Å². The van der Waals surface area contributed by atoms with Crippen LogP contribution in [0.2, 0.25) is 0 Å². The third-order valence-electron chi connectivity index (χ3n) is 5.10. The van der Waals surface area contributed by atoms with E-state index in [4.69, 9.17) is 4.74 Å². The average molecular weight is 493 g/mol. The lowest BCUT2D eigenvalue weighted by atomic mass is 9.98. The molecule has 1 aliphatic heterocycles. The second-order valence-corrected chi connectivity index (χ2v) is 9.46. The minimum Gasteiger partial charge on any atom is -0.462 e. The molecule has 1 N–H and O–H groups in total. The summed E-state index contributed by atoms with van der Waals surface area (Å²) < 4.78 is 58.6. The standard InChI is InChI=1S/C22H22F2N4O5S/c1-3-33-22(30)17-8-15(9-25)20(26-18(17)19(23)24)28-10-16(11-28)21(29)27-34(31,32)12-14-6-4-5-13(2)7-14/h4-8,16,19H,3,10-12H2,1-2H3,(H,27,29). The van der Waals surface area contributed by atoms with Crippen LogP contribution in [0.1, 0.15) is 46.1 Å². The molecule has 1 amide bonds. The van der Waals surface area contributed by atoms with E-state index in [1.54, 1.807) is 18.2 Å². The number of ether oxygens (including phenoxy) is 1. The lowest BCUT2D eigenvalue weighted by Crippen LogP contribution is -2.55. The van der Waals surface area contributed by atoms with Crippen molar-refractivity contribution < 1.29 is 31.5 Å². The number of nitriles is 1. The zero-order valence-corrected chi connectivity index (χ0v) is 19.2. The van der Waals surface area contributed by atoms with Gasteiger partial charge in [-0.3, -0.25) is 9.52 Å². The zero-order valence-electron chi connectivity index (χ0n) is 18.4. The van der Waals surface area contributed by atoms with Crippen molar-refractivity contribution in [2.75, 3.05) is 24.6 Å².